The van der Waals surface area contributed by atoms with Crippen LogP contribution in [-0.2, 0) is 32.2 Å². The van der Waals surface area contributed by atoms with Gasteiger partial charge in [0.25, 0.3) is 0 Å². The lowest BCUT2D eigenvalue weighted by molar-refractivity contribution is -0.193. The van der Waals surface area contributed by atoms with Crippen LogP contribution in [0.5, 0.6) is 0 Å². The summed E-state index contributed by atoms with van der Waals surface area (Å²) >= 11 is 1.72. The third-order valence-electron chi connectivity index (χ3n) is 5.35. The monoisotopic (exact) mass is 573 g/mol. The summed E-state index contributed by atoms with van der Waals surface area (Å²) in [4.78, 5) is 29.1. The molecule has 0 unspecified atom stereocenters. The van der Waals surface area contributed by atoms with Crippen molar-refractivity contribution in [3.05, 3.63) is 46.2 Å². The van der Waals surface area contributed by atoms with E-state index in [2.05, 4.69) is 33.2 Å². The van der Waals surface area contributed by atoms with E-state index in [1.807, 2.05) is 12.3 Å². The Morgan fingerprint density at radius 3 is 2.29 bits per heavy atom. The number of carbonyl (C=O) groups is 2. The quantitative estimate of drug-likeness (QED) is 0.510. The normalized spacial score (nSPS) is 21.4. The van der Waals surface area contributed by atoms with E-state index in [0.29, 0.717) is 12.6 Å². The van der Waals surface area contributed by atoms with Crippen LogP contribution in [0.1, 0.15) is 29.1 Å². The molecule has 1 saturated heterocycles. The van der Waals surface area contributed by atoms with Crippen LogP contribution < -0.4 is 0 Å². The third-order valence-corrected chi connectivity index (χ3v) is 6.18. The fourth-order valence-electron chi connectivity index (χ4n) is 3.74. The van der Waals surface area contributed by atoms with Gasteiger partial charge >= 0.3 is 24.3 Å². The van der Waals surface area contributed by atoms with Gasteiger partial charge in [-0.3, -0.25) is 9.88 Å². The molecule has 2 aromatic heterocycles. The van der Waals surface area contributed by atoms with Gasteiger partial charge in [0.05, 0.1) is 36.1 Å². The highest BCUT2D eigenvalue weighted by Gasteiger charge is 2.43. The van der Waals surface area contributed by atoms with E-state index < -0.39 is 24.3 Å². The van der Waals surface area contributed by atoms with Gasteiger partial charge in [0.1, 0.15) is 0 Å². The van der Waals surface area contributed by atoms with Crippen molar-refractivity contribution in [1.29, 1.82) is 0 Å². The molecule has 1 aliphatic heterocycles. The number of hydrogen-bond donors (Lipinski definition) is 2. The molecule has 1 aliphatic carbocycles. The number of hydrogen-bond acceptors (Lipinski definition) is 8. The van der Waals surface area contributed by atoms with Crippen molar-refractivity contribution in [2.45, 2.75) is 63.5 Å². The number of rotatable bonds is 5. The molecule has 3 heterocycles. The van der Waals surface area contributed by atoms with Crippen molar-refractivity contribution in [1.82, 2.24) is 14.9 Å². The van der Waals surface area contributed by atoms with Crippen LogP contribution in [-0.4, -0.2) is 80.8 Å². The van der Waals surface area contributed by atoms with Crippen LogP contribution in [0.15, 0.2) is 29.9 Å². The molecule has 2 aliphatic rings. The number of nitrogens with zero attached hydrogens (tertiary/aromatic N) is 3. The Balaban J connectivity index is 0.000000301. The lowest BCUT2D eigenvalue weighted by Gasteiger charge is -2.38. The first-order valence-electron chi connectivity index (χ1n) is 11.1. The van der Waals surface area contributed by atoms with E-state index in [1.165, 1.54) is 5.69 Å². The number of halogens is 6. The van der Waals surface area contributed by atoms with E-state index in [9.17, 15) is 26.3 Å². The smallest absolute Gasteiger partial charge is 0.475 e. The Kier molecular flexibility index (Phi) is 11.4. The largest absolute Gasteiger partial charge is 0.490 e. The SMILES string of the molecule is Cc1nc(CN2CCO[C@H]3[C@@H](OCc4cccnc4)CC[C@@H]32)cs1.O=C(O)C(F)(F)F.O=C(O)C(F)(F)F. The first kappa shape index (κ1) is 31.4. The van der Waals surface area contributed by atoms with Crippen LogP contribution in [0.3, 0.4) is 0 Å². The first-order valence-corrected chi connectivity index (χ1v) is 11.9. The molecule has 0 radical (unpaired) electrons. The van der Waals surface area contributed by atoms with Crippen molar-refractivity contribution < 1.29 is 55.6 Å². The maximum absolute atomic E-state index is 10.6. The highest BCUT2D eigenvalue weighted by Crippen LogP contribution is 2.33. The molecular formula is C22H25F6N3O6S. The number of aliphatic carboxylic acids is 2. The number of ether oxygens (including phenoxy) is 2. The lowest BCUT2D eigenvalue weighted by atomic mass is 10.1. The minimum Gasteiger partial charge on any atom is -0.475 e. The van der Waals surface area contributed by atoms with Gasteiger partial charge in [0.15, 0.2) is 0 Å². The molecular weight excluding hydrogens is 548 g/mol. The topological polar surface area (TPSA) is 122 Å². The summed E-state index contributed by atoms with van der Waals surface area (Å²) in [6.45, 7) is 5.35. The van der Waals surface area contributed by atoms with E-state index in [4.69, 9.17) is 29.3 Å². The van der Waals surface area contributed by atoms with Crippen molar-refractivity contribution in [2.24, 2.45) is 0 Å². The Morgan fingerprint density at radius 2 is 1.79 bits per heavy atom. The highest BCUT2D eigenvalue weighted by molar-refractivity contribution is 7.09. The number of aromatic nitrogens is 2. The van der Waals surface area contributed by atoms with E-state index >= 15 is 0 Å². The van der Waals surface area contributed by atoms with Crippen LogP contribution in [0, 0.1) is 6.92 Å². The third kappa shape index (κ3) is 10.2. The van der Waals surface area contributed by atoms with E-state index in [1.54, 1.807) is 17.5 Å². The number of carboxylic acids is 2. The molecule has 1 saturated carbocycles. The van der Waals surface area contributed by atoms with E-state index in [0.717, 1.165) is 43.1 Å². The van der Waals surface area contributed by atoms with Crippen LogP contribution >= 0.6 is 11.3 Å². The maximum Gasteiger partial charge on any atom is 0.490 e. The molecule has 4 rings (SSSR count). The molecule has 212 valence electrons. The number of carboxylic acid groups (broad SMARTS) is 2. The van der Waals surface area contributed by atoms with Gasteiger partial charge in [0.2, 0.25) is 0 Å². The van der Waals surface area contributed by atoms with Crippen molar-refractivity contribution in [2.75, 3.05) is 13.2 Å². The summed E-state index contributed by atoms with van der Waals surface area (Å²) in [5.41, 5.74) is 2.30. The molecule has 16 heteroatoms. The van der Waals surface area contributed by atoms with Gasteiger partial charge in [-0.2, -0.15) is 26.3 Å². The summed E-state index contributed by atoms with van der Waals surface area (Å²) in [6, 6.07) is 4.45. The van der Waals surface area contributed by atoms with Gasteiger partial charge in [-0.05, 0) is 31.4 Å². The standard InChI is InChI=1S/C18H23N3O2S.2C2HF3O2/c1-13-20-15(12-24-13)10-21-7-8-22-18-16(21)4-5-17(18)23-11-14-3-2-6-19-9-14;2*3-2(4,5)1(6)7/h2-3,6,9,12,16-18H,4-5,7-8,10-11H2,1H3;2*(H,6,7)/t16-,17-,18+;;/m0../s1. The predicted octanol–water partition coefficient (Wildman–Crippen LogP) is 4.06. The molecule has 38 heavy (non-hydrogen) atoms. The van der Waals surface area contributed by atoms with Crippen LogP contribution in [0.4, 0.5) is 26.3 Å². The number of alkyl halides is 6. The summed E-state index contributed by atoms with van der Waals surface area (Å²) < 4.78 is 75.7. The predicted molar refractivity (Wildman–Crippen MR) is 120 cm³/mol. The molecule has 0 bridgehead atoms. The first-order chi connectivity index (χ1) is 17.7. The van der Waals surface area contributed by atoms with Crippen molar-refractivity contribution in [3.63, 3.8) is 0 Å². The average Bonchev–Trinajstić information content (AvgIpc) is 3.44. The summed E-state index contributed by atoms with van der Waals surface area (Å²) in [5.74, 6) is -5.51. The molecule has 2 fully saturated rings. The summed E-state index contributed by atoms with van der Waals surface area (Å²) in [7, 11) is 0. The highest BCUT2D eigenvalue weighted by atomic mass is 32.1. The Bertz CT molecular complexity index is 1010. The number of pyridine rings is 1. The number of fused-ring (bicyclic) bond motifs is 1. The zero-order valence-electron chi connectivity index (χ0n) is 19.9. The fourth-order valence-corrected chi connectivity index (χ4v) is 4.35. The lowest BCUT2D eigenvalue weighted by Crippen LogP contribution is -2.51. The van der Waals surface area contributed by atoms with Gasteiger partial charge in [0, 0.05) is 36.9 Å². The second-order valence-electron chi connectivity index (χ2n) is 8.12. The zero-order valence-corrected chi connectivity index (χ0v) is 20.7. The molecule has 9 nitrogen and oxygen atoms in total. The van der Waals surface area contributed by atoms with Crippen molar-refractivity contribution >= 4 is 23.3 Å². The molecule has 0 aromatic carbocycles. The van der Waals surface area contributed by atoms with Crippen molar-refractivity contribution in [3.8, 4) is 0 Å². The zero-order chi connectivity index (χ0) is 28.5. The molecule has 0 amide bonds. The fraction of sp³-hybridized carbons (Fsp3) is 0.545. The Morgan fingerprint density at radius 1 is 1.16 bits per heavy atom. The van der Waals surface area contributed by atoms with Gasteiger partial charge in [-0.1, -0.05) is 6.07 Å². The van der Waals surface area contributed by atoms with Crippen LogP contribution in [0.2, 0.25) is 0 Å². The number of morpholine rings is 1. The van der Waals surface area contributed by atoms with Gasteiger partial charge in [-0.15, -0.1) is 11.3 Å². The second kappa shape index (κ2) is 13.8. The molecule has 2 N–H and O–H groups in total. The minimum absolute atomic E-state index is 0.176. The summed E-state index contributed by atoms with van der Waals surface area (Å²) in [5, 5.41) is 17.6. The molecule has 2 aromatic rings. The second-order valence-corrected chi connectivity index (χ2v) is 9.19. The average molecular weight is 574 g/mol. The Hall–Kier alpha value is -2.82. The molecule has 3 atom stereocenters. The van der Waals surface area contributed by atoms with Gasteiger partial charge < -0.3 is 19.7 Å². The van der Waals surface area contributed by atoms with E-state index in [-0.39, 0.29) is 12.2 Å². The maximum atomic E-state index is 10.6. The molecule has 0 spiro atoms. The van der Waals surface area contributed by atoms with Gasteiger partial charge in [-0.25, -0.2) is 14.6 Å². The van der Waals surface area contributed by atoms with Crippen LogP contribution in [0.25, 0.3) is 0 Å². The number of thiazole rings is 1. The minimum atomic E-state index is -5.08. The number of aryl methyl sites for hydroxylation is 1. The summed E-state index contributed by atoms with van der Waals surface area (Å²) in [6.07, 6.45) is -3.97. The Labute approximate surface area is 217 Å².